The molecule has 1 saturated carbocycles. The van der Waals surface area contributed by atoms with Gasteiger partial charge in [0.1, 0.15) is 11.4 Å². The molecule has 1 aliphatic heterocycles. The van der Waals surface area contributed by atoms with E-state index in [1.54, 1.807) is 12.1 Å². The molecule has 0 spiro atoms. The minimum absolute atomic E-state index is 0.00598. The first-order valence-electron chi connectivity index (χ1n) is 14.0. The Morgan fingerprint density at radius 1 is 1.03 bits per heavy atom. The van der Waals surface area contributed by atoms with Crippen LogP contribution >= 0.6 is 0 Å². The van der Waals surface area contributed by atoms with Gasteiger partial charge in [-0.25, -0.2) is 8.78 Å². The molecule has 0 saturated heterocycles. The van der Waals surface area contributed by atoms with Crippen LogP contribution in [0.1, 0.15) is 68.9 Å². The predicted octanol–water partition coefficient (Wildman–Crippen LogP) is 5.52. The lowest BCUT2D eigenvalue weighted by atomic mass is 9.93. The van der Waals surface area contributed by atoms with E-state index >= 15 is 0 Å². The average molecular weight is 545 g/mol. The number of anilines is 1. The van der Waals surface area contributed by atoms with Crippen molar-refractivity contribution in [1.29, 1.82) is 0 Å². The summed E-state index contributed by atoms with van der Waals surface area (Å²) < 4.78 is 38.3. The highest BCUT2D eigenvalue weighted by atomic mass is 19.2. The summed E-state index contributed by atoms with van der Waals surface area (Å²) in [6.07, 6.45) is 9.47. The monoisotopic (exact) mass is 544 g/mol. The fourth-order valence-corrected chi connectivity index (χ4v) is 5.42. The highest BCUT2D eigenvalue weighted by Crippen LogP contribution is 2.39. The molecular formula is C30H38F2N2O5. The number of rotatable bonds is 13. The van der Waals surface area contributed by atoms with Gasteiger partial charge in [-0.05, 0) is 61.8 Å². The molecule has 1 fully saturated rings. The first-order chi connectivity index (χ1) is 18.9. The molecule has 9 heteroatoms. The minimum atomic E-state index is -0.866. The van der Waals surface area contributed by atoms with Gasteiger partial charge in [0.2, 0.25) is 5.91 Å². The molecule has 2 N–H and O–H groups in total. The molecule has 0 bridgehead atoms. The number of hydrogen-bond donors (Lipinski definition) is 2. The number of phenols is 1. The van der Waals surface area contributed by atoms with Crippen LogP contribution in [0.2, 0.25) is 0 Å². The third kappa shape index (κ3) is 7.91. The summed E-state index contributed by atoms with van der Waals surface area (Å²) in [6, 6.07) is 7.77. The predicted molar refractivity (Wildman–Crippen MR) is 144 cm³/mol. The molecule has 1 heterocycles. The zero-order valence-corrected chi connectivity index (χ0v) is 22.4. The van der Waals surface area contributed by atoms with E-state index in [2.05, 4.69) is 5.32 Å². The van der Waals surface area contributed by atoms with Crippen molar-refractivity contribution in [2.45, 2.75) is 76.7 Å². The molecule has 2 aromatic carbocycles. The van der Waals surface area contributed by atoms with Crippen LogP contribution in [0.25, 0.3) is 0 Å². The van der Waals surface area contributed by atoms with Gasteiger partial charge in [-0.2, -0.15) is 0 Å². The summed E-state index contributed by atoms with van der Waals surface area (Å²) in [6.45, 7) is 1.11. The van der Waals surface area contributed by atoms with Gasteiger partial charge < -0.3 is 24.8 Å². The number of aryl methyl sites for hydroxylation is 1. The summed E-state index contributed by atoms with van der Waals surface area (Å²) in [7, 11) is 0. The van der Waals surface area contributed by atoms with Crippen molar-refractivity contribution in [3.8, 4) is 11.5 Å². The molecule has 2 aliphatic rings. The molecule has 2 aromatic rings. The van der Waals surface area contributed by atoms with Crippen LogP contribution in [-0.2, 0) is 27.2 Å². The molecule has 7 nitrogen and oxygen atoms in total. The first-order valence-corrected chi connectivity index (χ1v) is 14.0. The van der Waals surface area contributed by atoms with Crippen LogP contribution < -0.4 is 10.1 Å². The summed E-state index contributed by atoms with van der Waals surface area (Å²) >= 11 is 0. The summed E-state index contributed by atoms with van der Waals surface area (Å²) in [5.41, 5.74) is 1.55. The van der Waals surface area contributed by atoms with Gasteiger partial charge in [0, 0.05) is 12.6 Å². The van der Waals surface area contributed by atoms with E-state index in [0.717, 1.165) is 63.0 Å². The normalized spacial score (nSPS) is 15.4. The van der Waals surface area contributed by atoms with Gasteiger partial charge in [-0.1, -0.05) is 43.9 Å². The number of benzene rings is 2. The Hall–Kier alpha value is -3.20. The minimum Gasteiger partial charge on any atom is -0.506 e. The van der Waals surface area contributed by atoms with E-state index in [9.17, 15) is 23.5 Å². The number of hydrogen-bond acceptors (Lipinski definition) is 5. The zero-order chi connectivity index (χ0) is 27.6. The fourth-order valence-electron chi connectivity index (χ4n) is 5.42. The number of carbonyl (C=O) groups excluding carboxylic acids is 2. The number of carbonyl (C=O) groups is 2. The second-order valence-electron chi connectivity index (χ2n) is 10.3. The molecule has 212 valence electrons. The van der Waals surface area contributed by atoms with Crippen LogP contribution in [0.15, 0.2) is 30.3 Å². The van der Waals surface area contributed by atoms with Crippen molar-refractivity contribution < 1.29 is 33.0 Å². The second-order valence-corrected chi connectivity index (χ2v) is 10.3. The summed E-state index contributed by atoms with van der Waals surface area (Å²) in [4.78, 5) is 26.8. The Morgan fingerprint density at radius 3 is 2.67 bits per heavy atom. The molecule has 0 aromatic heterocycles. The number of halogens is 2. The number of nitrogens with one attached hydrogen (secondary N) is 1. The maximum atomic E-state index is 13.8. The lowest BCUT2D eigenvalue weighted by Gasteiger charge is -2.34. The molecule has 4 rings (SSSR count). The molecule has 2 amide bonds. The van der Waals surface area contributed by atoms with Gasteiger partial charge in [0.25, 0.3) is 5.91 Å². The average Bonchev–Trinajstić information content (AvgIpc) is 2.94. The fraction of sp³-hybridized carbons (Fsp3) is 0.533. The van der Waals surface area contributed by atoms with Crippen molar-refractivity contribution >= 4 is 17.5 Å². The van der Waals surface area contributed by atoms with Crippen molar-refractivity contribution in [2.75, 3.05) is 31.7 Å². The molecule has 39 heavy (non-hydrogen) atoms. The number of phenolic OH excluding ortho intramolecular Hbond substituents is 1. The summed E-state index contributed by atoms with van der Waals surface area (Å²) in [5, 5.41) is 12.7. The van der Waals surface area contributed by atoms with Crippen molar-refractivity contribution in [3.05, 3.63) is 53.1 Å². The van der Waals surface area contributed by atoms with E-state index in [1.807, 2.05) is 11.0 Å². The van der Waals surface area contributed by atoms with Crippen LogP contribution in [0.4, 0.5) is 14.5 Å². The van der Waals surface area contributed by atoms with Gasteiger partial charge in [0.05, 0.1) is 19.6 Å². The highest BCUT2D eigenvalue weighted by molar-refractivity contribution is 5.97. The first kappa shape index (κ1) is 28.8. The SMILES string of the molecule is O=C1COc2c(CCCCCN(C(=O)CCOCCc3cccc(F)c3F)C3CCCCC3)ccc(O)c2N1. The highest BCUT2D eigenvalue weighted by Gasteiger charge is 2.25. The Balaban J connectivity index is 1.22. The topological polar surface area (TPSA) is 88.1 Å². The van der Waals surface area contributed by atoms with E-state index in [1.165, 1.54) is 12.5 Å². The van der Waals surface area contributed by atoms with E-state index in [-0.39, 0.29) is 61.8 Å². The Kier molecular flexibility index (Phi) is 10.5. The zero-order valence-electron chi connectivity index (χ0n) is 22.4. The molecule has 0 radical (unpaired) electrons. The number of nitrogens with zero attached hydrogens (tertiary/aromatic N) is 1. The number of ether oxygens (including phenoxy) is 2. The van der Waals surface area contributed by atoms with Crippen molar-refractivity contribution in [1.82, 2.24) is 4.90 Å². The lowest BCUT2D eigenvalue weighted by Crippen LogP contribution is -2.42. The van der Waals surface area contributed by atoms with Gasteiger partial charge in [-0.3, -0.25) is 9.59 Å². The van der Waals surface area contributed by atoms with Crippen molar-refractivity contribution in [2.24, 2.45) is 0 Å². The Morgan fingerprint density at radius 2 is 1.85 bits per heavy atom. The standard InChI is InChI=1S/C30H38F2N2O5/c31-24-12-7-9-21(28(24)32)15-18-38-19-16-27(37)34(23-10-4-1-5-11-23)17-6-2-3-8-22-13-14-25(35)29-30(22)39-20-26(36)33-29/h7,9,12-14,23,35H,1-6,8,10-11,15-20H2,(H,33,36). The van der Waals surface area contributed by atoms with Crippen LogP contribution in [0.5, 0.6) is 11.5 Å². The molecule has 0 atom stereocenters. The van der Waals surface area contributed by atoms with Crippen LogP contribution in [-0.4, -0.2) is 54.2 Å². The number of aromatic hydroxyl groups is 1. The Bertz CT molecular complexity index is 1140. The van der Waals surface area contributed by atoms with E-state index < -0.39 is 11.6 Å². The molecular weight excluding hydrogens is 506 g/mol. The molecule has 1 aliphatic carbocycles. The smallest absolute Gasteiger partial charge is 0.262 e. The van der Waals surface area contributed by atoms with Crippen LogP contribution in [0.3, 0.4) is 0 Å². The van der Waals surface area contributed by atoms with Gasteiger partial charge in [-0.15, -0.1) is 0 Å². The van der Waals surface area contributed by atoms with Crippen molar-refractivity contribution in [3.63, 3.8) is 0 Å². The number of fused-ring (bicyclic) bond motifs is 1. The van der Waals surface area contributed by atoms with Gasteiger partial charge in [0.15, 0.2) is 24.0 Å². The third-order valence-electron chi connectivity index (χ3n) is 7.52. The molecule has 0 unspecified atom stereocenters. The largest absolute Gasteiger partial charge is 0.506 e. The van der Waals surface area contributed by atoms with E-state index in [0.29, 0.717) is 18.0 Å². The summed E-state index contributed by atoms with van der Waals surface area (Å²) in [5.74, 6) is -1.38. The maximum Gasteiger partial charge on any atom is 0.262 e. The lowest BCUT2D eigenvalue weighted by molar-refractivity contribution is -0.135. The number of unbranched alkanes of at least 4 members (excludes halogenated alkanes) is 2. The maximum absolute atomic E-state index is 13.8. The third-order valence-corrected chi connectivity index (χ3v) is 7.52. The van der Waals surface area contributed by atoms with E-state index in [4.69, 9.17) is 9.47 Å². The Labute approximate surface area is 228 Å². The number of amides is 2. The van der Waals surface area contributed by atoms with Crippen LogP contribution in [0, 0.1) is 11.6 Å². The van der Waals surface area contributed by atoms with Gasteiger partial charge >= 0.3 is 0 Å². The second kappa shape index (κ2) is 14.3. The quantitative estimate of drug-likeness (QED) is 0.256.